The van der Waals surface area contributed by atoms with Crippen molar-refractivity contribution in [2.45, 2.75) is 37.8 Å². The monoisotopic (exact) mass is 329 g/mol. The highest BCUT2D eigenvalue weighted by Crippen LogP contribution is 2.23. The maximum Gasteiger partial charge on any atom is 0.242 e. The summed E-state index contributed by atoms with van der Waals surface area (Å²) in [6, 6.07) is 1.08. The summed E-state index contributed by atoms with van der Waals surface area (Å²) in [6.45, 7) is 3.60. The molecule has 0 aliphatic heterocycles. The van der Waals surface area contributed by atoms with E-state index in [1.165, 1.54) is 23.6 Å². The zero-order valence-electron chi connectivity index (χ0n) is 12.2. The molecule has 2 N–H and O–H groups in total. The lowest BCUT2D eigenvalue weighted by atomic mass is 10.4. The van der Waals surface area contributed by atoms with E-state index in [2.05, 4.69) is 9.71 Å². The van der Waals surface area contributed by atoms with Crippen LogP contribution >= 0.6 is 11.3 Å². The summed E-state index contributed by atoms with van der Waals surface area (Å²) < 4.78 is 28.9. The molecular weight excluding hydrogens is 310 g/mol. The number of aryl methyl sites for hydroxylation is 2. The number of nitrogens with one attached hydrogen (secondary N) is 1. The van der Waals surface area contributed by atoms with Crippen molar-refractivity contribution in [1.82, 2.24) is 14.3 Å². The SMILES string of the molecule is CCc1cnc(C(C)NS(=O)(=O)c2cc(CO)n(C)c2)s1. The summed E-state index contributed by atoms with van der Waals surface area (Å²) in [6.07, 6.45) is 4.15. The highest BCUT2D eigenvalue weighted by Gasteiger charge is 2.22. The third kappa shape index (κ3) is 3.52. The van der Waals surface area contributed by atoms with Gasteiger partial charge in [0.1, 0.15) is 5.01 Å². The molecule has 8 heteroatoms. The van der Waals surface area contributed by atoms with Crippen LogP contribution in [0.25, 0.3) is 0 Å². The topological polar surface area (TPSA) is 84.2 Å². The van der Waals surface area contributed by atoms with Gasteiger partial charge < -0.3 is 9.67 Å². The minimum Gasteiger partial charge on any atom is -0.390 e. The minimum absolute atomic E-state index is 0.146. The van der Waals surface area contributed by atoms with Crippen molar-refractivity contribution in [3.8, 4) is 0 Å². The lowest BCUT2D eigenvalue weighted by molar-refractivity contribution is 0.272. The number of aliphatic hydroxyl groups excluding tert-OH is 1. The summed E-state index contributed by atoms with van der Waals surface area (Å²) >= 11 is 1.51. The van der Waals surface area contributed by atoms with E-state index >= 15 is 0 Å². The van der Waals surface area contributed by atoms with Crippen molar-refractivity contribution < 1.29 is 13.5 Å². The van der Waals surface area contributed by atoms with Crippen LogP contribution in [0.1, 0.15) is 35.5 Å². The van der Waals surface area contributed by atoms with Crippen LogP contribution in [0.4, 0.5) is 0 Å². The molecule has 116 valence electrons. The van der Waals surface area contributed by atoms with Crippen LogP contribution in [0.3, 0.4) is 0 Å². The lowest BCUT2D eigenvalue weighted by Gasteiger charge is -2.10. The summed E-state index contributed by atoms with van der Waals surface area (Å²) in [5, 5.41) is 9.89. The van der Waals surface area contributed by atoms with E-state index < -0.39 is 16.1 Å². The Morgan fingerprint density at radius 3 is 2.76 bits per heavy atom. The first kappa shape index (κ1) is 16.2. The van der Waals surface area contributed by atoms with Gasteiger partial charge in [0.2, 0.25) is 10.0 Å². The van der Waals surface area contributed by atoms with Gasteiger partial charge in [0.25, 0.3) is 0 Å². The second-order valence-electron chi connectivity index (χ2n) is 4.80. The quantitative estimate of drug-likeness (QED) is 0.842. The van der Waals surface area contributed by atoms with Crippen molar-refractivity contribution in [1.29, 1.82) is 0 Å². The summed E-state index contributed by atoms with van der Waals surface area (Å²) in [7, 11) is -1.94. The van der Waals surface area contributed by atoms with Gasteiger partial charge in [-0.2, -0.15) is 0 Å². The fraction of sp³-hybridized carbons (Fsp3) is 0.462. The Kier molecular flexibility index (Phi) is 4.82. The molecule has 21 heavy (non-hydrogen) atoms. The first-order chi connectivity index (χ1) is 9.87. The predicted octanol–water partition coefficient (Wildman–Crippen LogP) is 1.58. The number of nitrogens with zero attached hydrogens (tertiary/aromatic N) is 2. The summed E-state index contributed by atoms with van der Waals surface area (Å²) in [4.78, 5) is 5.52. The van der Waals surface area contributed by atoms with Gasteiger partial charge in [0, 0.05) is 30.0 Å². The molecule has 0 saturated heterocycles. The van der Waals surface area contributed by atoms with Gasteiger partial charge in [-0.15, -0.1) is 11.3 Å². The highest BCUT2D eigenvalue weighted by atomic mass is 32.2. The molecule has 0 bridgehead atoms. The molecule has 2 rings (SSSR count). The van der Waals surface area contributed by atoms with E-state index in [1.54, 1.807) is 24.7 Å². The van der Waals surface area contributed by atoms with E-state index in [9.17, 15) is 8.42 Å². The molecule has 1 atom stereocenters. The second kappa shape index (κ2) is 6.27. The average molecular weight is 329 g/mol. The van der Waals surface area contributed by atoms with Gasteiger partial charge in [-0.25, -0.2) is 18.1 Å². The fourth-order valence-electron chi connectivity index (χ4n) is 1.92. The zero-order chi connectivity index (χ0) is 15.6. The zero-order valence-corrected chi connectivity index (χ0v) is 13.8. The fourth-order valence-corrected chi connectivity index (χ4v) is 4.15. The van der Waals surface area contributed by atoms with Crippen LogP contribution in [-0.4, -0.2) is 23.1 Å². The number of aromatic nitrogens is 2. The molecule has 0 amide bonds. The number of sulfonamides is 1. The third-order valence-corrected chi connectivity index (χ3v) is 6.01. The lowest BCUT2D eigenvalue weighted by Crippen LogP contribution is -2.26. The van der Waals surface area contributed by atoms with Crippen molar-refractivity contribution in [3.05, 3.63) is 34.0 Å². The van der Waals surface area contributed by atoms with Crippen LogP contribution in [0.15, 0.2) is 23.4 Å². The first-order valence-corrected chi connectivity index (χ1v) is 8.90. The van der Waals surface area contributed by atoms with E-state index in [1.807, 2.05) is 6.92 Å². The van der Waals surface area contributed by atoms with Gasteiger partial charge >= 0.3 is 0 Å². The normalized spacial score (nSPS) is 13.5. The highest BCUT2D eigenvalue weighted by molar-refractivity contribution is 7.89. The summed E-state index contributed by atoms with van der Waals surface area (Å²) in [5.41, 5.74) is 0.547. The minimum atomic E-state index is -3.63. The molecule has 0 aliphatic rings. The Morgan fingerprint density at radius 2 is 2.24 bits per heavy atom. The summed E-state index contributed by atoms with van der Waals surface area (Å²) in [5.74, 6) is 0. The number of hydrogen-bond acceptors (Lipinski definition) is 5. The standard InChI is InChI=1S/C13H19N3O3S2/c1-4-11-6-14-13(20-11)9(2)15-21(18,19)12-5-10(8-17)16(3)7-12/h5-7,9,15,17H,4,8H2,1-3H3. The molecule has 0 aliphatic carbocycles. The van der Waals surface area contributed by atoms with Crippen molar-refractivity contribution in [2.75, 3.05) is 0 Å². The Morgan fingerprint density at radius 1 is 1.52 bits per heavy atom. The maximum absolute atomic E-state index is 12.3. The van der Waals surface area contributed by atoms with Crippen LogP contribution in [0.5, 0.6) is 0 Å². The molecule has 0 fully saturated rings. The van der Waals surface area contributed by atoms with Crippen LogP contribution in [0, 0.1) is 0 Å². The smallest absolute Gasteiger partial charge is 0.242 e. The first-order valence-electron chi connectivity index (χ1n) is 6.60. The number of rotatable bonds is 6. The van der Waals surface area contributed by atoms with Gasteiger partial charge in [0.05, 0.1) is 17.5 Å². The van der Waals surface area contributed by atoms with E-state index in [4.69, 9.17) is 5.11 Å². The van der Waals surface area contributed by atoms with Crippen molar-refractivity contribution in [3.63, 3.8) is 0 Å². The van der Waals surface area contributed by atoms with E-state index in [-0.39, 0.29) is 11.5 Å². The molecule has 1 unspecified atom stereocenters. The number of thiazole rings is 1. The van der Waals surface area contributed by atoms with Gasteiger partial charge in [-0.05, 0) is 19.4 Å². The van der Waals surface area contributed by atoms with Crippen molar-refractivity contribution >= 4 is 21.4 Å². The Hall–Kier alpha value is -1.22. The molecule has 0 spiro atoms. The number of hydrogen-bond donors (Lipinski definition) is 2. The molecular formula is C13H19N3O3S2. The van der Waals surface area contributed by atoms with Gasteiger partial charge in [-0.3, -0.25) is 0 Å². The Bertz CT molecular complexity index is 719. The second-order valence-corrected chi connectivity index (χ2v) is 7.66. The van der Waals surface area contributed by atoms with Crippen LogP contribution in [0.2, 0.25) is 0 Å². The Balaban J connectivity index is 2.19. The van der Waals surface area contributed by atoms with E-state index in [0.29, 0.717) is 5.69 Å². The molecule has 2 aromatic heterocycles. The Labute approximate surface area is 128 Å². The van der Waals surface area contributed by atoms with Crippen LogP contribution in [-0.2, 0) is 30.1 Å². The molecule has 2 heterocycles. The third-order valence-electron chi connectivity index (χ3n) is 3.18. The van der Waals surface area contributed by atoms with E-state index in [0.717, 1.165) is 16.3 Å². The van der Waals surface area contributed by atoms with Gasteiger partial charge in [0.15, 0.2) is 0 Å². The largest absolute Gasteiger partial charge is 0.390 e. The molecule has 6 nitrogen and oxygen atoms in total. The van der Waals surface area contributed by atoms with Crippen LogP contribution < -0.4 is 4.72 Å². The molecule has 2 aromatic rings. The number of aliphatic hydroxyl groups is 1. The average Bonchev–Trinajstić information content (AvgIpc) is 3.04. The van der Waals surface area contributed by atoms with Crippen molar-refractivity contribution in [2.24, 2.45) is 7.05 Å². The van der Waals surface area contributed by atoms with Gasteiger partial charge in [-0.1, -0.05) is 6.92 Å². The molecule has 0 saturated carbocycles. The molecule has 0 radical (unpaired) electrons. The maximum atomic E-state index is 12.3. The molecule has 0 aromatic carbocycles. The predicted molar refractivity (Wildman–Crippen MR) is 81.6 cm³/mol.